The van der Waals surface area contributed by atoms with Crippen LogP contribution in [-0.4, -0.2) is 32.0 Å². The normalized spacial score (nSPS) is 11.3. The van der Waals surface area contributed by atoms with E-state index in [0.717, 1.165) is 37.8 Å². The summed E-state index contributed by atoms with van der Waals surface area (Å²) in [4.78, 5) is 24.4. The van der Waals surface area contributed by atoms with Gasteiger partial charge in [0.2, 0.25) is 0 Å². The average Bonchev–Trinajstić information content (AvgIpc) is 2.60. The predicted octanol–water partition coefficient (Wildman–Crippen LogP) is 4.86. The van der Waals surface area contributed by atoms with Crippen molar-refractivity contribution in [2.45, 2.75) is 52.1 Å². The molecule has 0 unspecified atom stereocenters. The van der Waals surface area contributed by atoms with Crippen LogP contribution in [0.3, 0.4) is 0 Å². The van der Waals surface area contributed by atoms with Crippen molar-refractivity contribution >= 4 is 17.9 Å². The van der Waals surface area contributed by atoms with Gasteiger partial charge in [-0.3, -0.25) is 9.59 Å². The molecule has 0 atom stereocenters. The molecule has 0 fully saturated rings. The minimum absolute atomic E-state index is 0.0454. The number of hydrogen-bond donors (Lipinski definition) is 0. The standard InChI is InChI=1S/C19H26F3NO3/c1-3-23(12-8-6-5-7-9-18(25)26-4-2)17-11-10-16(19(20,21)22)13-15(17)14-24/h10-11,13-14H,3-9,12H2,1-2H3. The first-order valence-electron chi connectivity index (χ1n) is 8.90. The summed E-state index contributed by atoms with van der Waals surface area (Å²) in [5.74, 6) is -0.192. The van der Waals surface area contributed by atoms with Gasteiger partial charge in [-0.05, 0) is 44.9 Å². The number of alkyl halides is 3. The first kappa shape index (κ1) is 22.0. The van der Waals surface area contributed by atoms with E-state index in [9.17, 15) is 22.8 Å². The number of ether oxygens (including phenoxy) is 1. The van der Waals surface area contributed by atoms with Gasteiger partial charge in [0.05, 0.1) is 12.2 Å². The summed E-state index contributed by atoms with van der Waals surface area (Å²) < 4.78 is 43.2. The second-order valence-electron chi connectivity index (χ2n) is 5.94. The number of aldehydes is 1. The van der Waals surface area contributed by atoms with Gasteiger partial charge in [-0.25, -0.2) is 0 Å². The summed E-state index contributed by atoms with van der Waals surface area (Å²) in [6.45, 7) is 5.28. The molecule has 26 heavy (non-hydrogen) atoms. The minimum atomic E-state index is -4.47. The van der Waals surface area contributed by atoms with Crippen molar-refractivity contribution in [3.8, 4) is 0 Å². The van der Waals surface area contributed by atoms with E-state index < -0.39 is 11.7 Å². The molecule has 0 aliphatic rings. The van der Waals surface area contributed by atoms with Crippen LogP contribution in [0.25, 0.3) is 0 Å². The van der Waals surface area contributed by atoms with E-state index in [0.29, 0.717) is 38.1 Å². The van der Waals surface area contributed by atoms with Crippen LogP contribution in [0.5, 0.6) is 0 Å². The molecular weight excluding hydrogens is 347 g/mol. The Bertz CT molecular complexity index is 588. The van der Waals surface area contributed by atoms with Gasteiger partial charge in [0, 0.05) is 30.8 Å². The van der Waals surface area contributed by atoms with Gasteiger partial charge in [-0.2, -0.15) is 13.2 Å². The average molecular weight is 373 g/mol. The van der Waals surface area contributed by atoms with E-state index in [4.69, 9.17) is 4.74 Å². The van der Waals surface area contributed by atoms with Crippen molar-refractivity contribution < 1.29 is 27.5 Å². The van der Waals surface area contributed by atoms with Gasteiger partial charge in [0.1, 0.15) is 0 Å². The molecule has 0 aliphatic carbocycles. The molecule has 0 heterocycles. The molecule has 146 valence electrons. The molecule has 0 spiro atoms. The van der Waals surface area contributed by atoms with E-state index >= 15 is 0 Å². The van der Waals surface area contributed by atoms with Crippen LogP contribution in [0.1, 0.15) is 61.9 Å². The van der Waals surface area contributed by atoms with Crippen molar-refractivity contribution in [2.75, 3.05) is 24.6 Å². The second kappa shape index (κ2) is 10.8. The molecule has 1 aromatic rings. The van der Waals surface area contributed by atoms with E-state index in [-0.39, 0.29) is 11.5 Å². The number of unbranched alkanes of at least 4 members (excludes halogenated alkanes) is 3. The summed E-state index contributed by atoms with van der Waals surface area (Å²) in [6.07, 6.45) is -0.240. The van der Waals surface area contributed by atoms with Crippen LogP contribution in [0.15, 0.2) is 18.2 Å². The number of benzene rings is 1. The van der Waals surface area contributed by atoms with Crippen LogP contribution >= 0.6 is 0 Å². The van der Waals surface area contributed by atoms with E-state index in [1.165, 1.54) is 6.07 Å². The summed E-state index contributed by atoms with van der Waals surface area (Å²) in [7, 11) is 0. The minimum Gasteiger partial charge on any atom is -0.466 e. The first-order valence-corrected chi connectivity index (χ1v) is 8.90. The summed E-state index contributed by atoms with van der Waals surface area (Å²) in [6, 6.07) is 3.26. The number of carbonyl (C=O) groups excluding carboxylic acids is 2. The number of nitrogens with zero attached hydrogens (tertiary/aromatic N) is 1. The van der Waals surface area contributed by atoms with Crippen molar-refractivity contribution in [3.63, 3.8) is 0 Å². The molecule has 0 saturated carbocycles. The van der Waals surface area contributed by atoms with Crippen LogP contribution in [0.4, 0.5) is 18.9 Å². The zero-order chi connectivity index (χ0) is 19.6. The highest BCUT2D eigenvalue weighted by Gasteiger charge is 2.31. The molecule has 1 aromatic carbocycles. The fourth-order valence-electron chi connectivity index (χ4n) is 2.72. The fraction of sp³-hybridized carbons (Fsp3) is 0.579. The Balaban J connectivity index is 2.55. The van der Waals surface area contributed by atoms with Crippen molar-refractivity contribution in [2.24, 2.45) is 0 Å². The Hall–Kier alpha value is -2.05. The van der Waals surface area contributed by atoms with E-state index in [2.05, 4.69) is 0 Å². The molecule has 7 heteroatoms. The molecule has 4 nitrogen and oxygen atoms in total. The summed E-state index contributed by atoms with van der Waals surface area (Å²) in [5, 5.41) is 0. The van der Waals surface area contributed by atoms with Gasteiger partial charge in [-0.1, -0.05) is 12.8 Å². The molecule has 0 amide bonds. The zero-order valence-corrected chi connectivity index (χ0v) is 15.3. The molecule has 1 rings (SSSR count). The number of esters is 1. The number of rotatable bonds is 11. The van der Waals surface area contributed by atoms with Crippen LogP contribution in [0.2, 0.25) is 0 Å². The molecule has 0 bridgehead atoms. The van der Waals surface area contributed by atoms with Gasteiger partial charge in [0.15, 0.2) is 6.29 Å². The van der Waals surface area contributed by atoms with Crippen molar-refractivity contribution in [1.29, 1.82) is 0 Å². The predicted molar refractivity (Wildman–Crippen MR) is 94.4 cm³/mol. The maximum Gasteiger partial charge on any atom is 0.416 e. The molecule has 0 radical (unpaired) electrons. The van der Waals surface area contributed by atoms with Crippen LogP contribution in [-0.2, 0) is 15.7 Å². The lowest BCUT2D eigenvalue weighted by atomic mass is 10.1. The lowest BCUT2D eigenvalue weighted by molar-refractivity contribution is -0.143. The van der Waals surface area contributed by atoms with E-state index in [1.807, 2.05) is 11.8 Å². The van der Waals surface area contributed by atoms with Gasteiger partial charge in [-0.15, -0.1) is 0 Å². The maximum absolute atomic E-state index is 12.8. The van der Waals surface area contributed by atoms with Gasteiger partial charge in [0.25, 0.3) is 0 Å². The summed E-state index contributed by atoms with van der Waals surface area (Å²) >= 11 is 0. The topological polar surface area (TPSA) is 46.6 Å². The molecular formula is C19H26F3NO3. The quantitative estimate of drug-likeness (QED) is 0.316. The van der Waals surface area contributed by atoms with Crippen LogP contribution < -0.4 is 4.90 Å². The highest BCUT2D eigenvalue weighted by atomic mass is 19.4. The number of hydrogen-bond acceptors (Lipinski definition) is 4. The Morgan fingerprint density at radius 3 is 2.42 bits per heavy atom. The van der Waals surface area contributed by atoms with Crippen molar-refractivity contribution in [1.82, 2.24) is 0 Å². The second-order valence-corrected chi connectivity index (χ2v) is 5.94. The molecule has 0 saturated heterocycles. The maximum atomic E-state index is 12.8. The smallest absolute Gasteiger partial charge is 0.416 e. The third-order valence-corrected chi connectivity index (χ3v) is 4.07. The zero-order valence-electron chi connectivity index (χ0n) is 15.3. The van der Waals surface area contributed by atoms with Crippen LogP contribution in [0, 0.1) is 0 Å². The van der Waals surface area contributed by atoms with Gasteiger partial charge < -0.3 is 9.64 Å². The third-order valence-electron chi connectivity index (χ3n) is 4.07. The number of carbonyl (C=O) groups is 2. The highest BCUT2D eigenvalue weighted by Crippen LogP contribution is 2.32. The molecule has 0 N–H and O–H groups in total. The first-order chi connectivity index (χ1) is 12.3. The Morgan fingerprint density at radius 1 is 1.15 bits per heavy atom. The number of halogens is 3. The SMILES string of the molecule is CCOC(=O)CCCCCCN(CC)c1ccc(C(F)(F)F)cc1C=O. The summed E-state index contributed by atoms with van der Waals surface area (Å²) in [5.41, 5.74) is -0.260. The monoisotopic (exact) mass is 373 g/mol. The van der Waals surface area contributed by atoms with Gasteiger partial charge >= 0.3 is 12.1 Å². The third kappa shape index (κ3) is 7.06. The Morgan fingerprint density at radius 2 is 1.85 bits per heavy atom. The fourth-order valence-corrected chi connectivity index (χ4v) is 2.72. The van der Waals surface area contributed by atoms with Crippen molar-refractivity contribution in [3.05, 3.63) is 29.3 Å². The molecule has 0 aliphatic heterocycles. The molecule has 0 aromatic heterocycles. The lowest BCUT2D eigenvalue weighted by Crippen LogP contribution is -2.25. The number of anilines is 1. The Kier molecular flexibility index (Phi) is 9.16. The largest absolute Gasteiger partial charge is 0.466 e. The highest BCUT2D eigenvalue weighted by molar-refractivity contribution is 5.85. The lowest BCUT2D eigenvalue weighted by Gasteiger charge is -2.25. The Labute approximate surface area is 152 Å². The van der Waals surface area contributed by atoms with E-state index in [1.54, 1.807) is 6.92 Å².